The maximum atomic E-state index is 8.15. The summed E-state index contributed by atoms with van der Waals surface area (Å²) in [6.07, 6.45) is 6.05. The third kappa shape index (κ3) is 7.03. The van der Waals surface area contributed by atoms with E-state index in [0.29, 0.717) is 13.0 Å². The van der Waals surface area contributed by atoms with Crippen LogP contribution in [0.4, 0.5) is 0 Å². The van der Waals surface area contributed by atoms with Crippen LogP contribution in [0.25, 0.3) is 0 Å². The molecule has 0 aromatic carbocycles. The quantitative estimate of drug-likeness (QED) is 0.432. The highest BCUT2D eigenvalue weighted by molar-refractivity contribution is 4.71. The van der Waals surface area contributed by atoms with Crippen molar-refractivity contribution >= 4 is 0 Å². The summed E-state index contributed by atoms with van der Waals surface area (Å²) in [4.78, 5) is 0. The second-order valence-electron chi connectivity index (χ2n) is 1.91. The van der Waals surface area contributed by atoms with Crippen molar-refractivity contribution in [2.45, 2.75) is 26.2 Å². The predicted octanol–water partition coefficient (Wildman–Crippen LogP) is 2.23. The van der Waals surface area contributed by atoms with Gasteiger partial charge in [-0.25, -0.2) is 0 Å². The van der Waals surface area contributed by atoms with Gasteiger partial charge in [0, 0.05) is 6.42 Å². The van der Waals surface area contributed by atoms with Crippen molar-refractivity contribution in [3.63, 3.8) is 0 Å². The first-order valence-corrected chi connectivity index (χ1v) is 3.55. The van der Waals surface area contributed by atoms with Gasteiger partial charge in [-0.05, 0) is 12.8 Å². The lowest BCUT2D eigenvalue weighted by atomic mass is 10.3. The van der Waals surface area contributed by atoms with Gasteiger partial charge in [-0.1, -0.05) is 13.0 Å². The van der Waals surface area contributed by atoms with Crippen LogP contribution < -0.4 is 0 Å². The number of unbranched alkanes of at least 4 members (excludes halogenated alkanes) is 1. The summed E-state index contributed by atoms with van der Waals surface area (Å²) < 4.78 is 5.04. The van der Waals surface area contributed by atoms with Crippen LogP contribution in [0.1, 0.15) is 26.2 Å². The van der Waals surface area contributed by atoms with Gasteiger partial charge >= 0.3 is 0 Å². The van der Waals surface area contributed by atoms with Crippen molar-refractivity contribution in [3.05, 3.63) is 12.3 Å². The Morgan fingerprint density at radius 2 is 2.40 bits per heavy atom. The van der Waals surface area contributed by atoms with Crippen LogP contribution in [0.5, 0.6) is 0 Å². The molecule has 0 unspecified atom stereocenters. The molecule has 0 spiro atoms. The third-order valence-corrected chi connectivity index (χ3v) is 0.979. The van der Waals surface area contributed by atoms with Crippen LogP contribution in [0.3, 0.4) is 0 Å². The van der Waals surface area contributed by atoms with Crippen molar-refractivity contribution in [2.24, 2.45) is 0 Å². The van der Waals surface area contributed by atoms with E-state index in [1.165, 1.54) is 0 Å². The van der Waals surface area contributed by atoms with Crippen LogP contribution in [-0.4, -0.2) is 6.61 Å². The molecule has 0 rings (SSSR count). The Kier molecular flexibility index (Phi) is 7.25. The van der Waals surface area contributed by atoms with Crippen molar-refractivity contribution < 1.29 is 4.74 Å². The molecule has 0 radical (unpaired) electrons. The summed E-state index contributed by atoms with van der Waals surface area (Å²) in [7, 11) is 0. The lowest BCUT2D eigenvalue weighted by Crippen LogP contribution is -1.85. The number of nitriles is 1. The zero-order valence-electron chi connectivity index (χ0n) is 6.34. The van der Waals surface area contributed by atoms with Gasteiger partial charge in [0.2, 0.25) is 0 Å². The number of allylic oxidation sites excluding steroid dienone is 1. The van der Waals surface area contributed by atoms with Gasteiger partial charge in [0.15, 0.2) is 0 Å². The van der Waals surface area contributed by atoms with Crippen molar-refractivity contribution in [2.75, 3.05) is 6.61 Å². The number of rotatable bonds is 5. The summed E-state index contributed by atoms with van der Waals surface area (Å²) in [5.74, 6) is 0. The average Bonchev–Trinajstić information content (AvgIpc) is 1.97. The van der Waals surface area contributed by atoms with E-state index < -0.39 is 0 Å². The molecule has 0 aliphatic carbocycles. The topological polar surface area (TPSA) is 33.0 Å². The molecule has 0 saturated carbocycles. The van der Waals surface area contributed by atoms with Crippen LogP contribution in [0.15, 0.2) is 12.3 Å². The molecular formula is C8H13NO. The highest BCUT2D eigenvalue weighted by Gasteiger charge is 1.81. The molecule has 2 nitrogen and oxygen atoms in total. The zero-order valence-corrected chi connectivity index (χ0v) is 6.34. The van der Waals surface area contributed by atoms with Gasteiger partial charge in [0.1, 0.15) is 0 Å². The molecular weight excluding hydrogens is 126 g/mol. The Bertz CT molecular complexity index is 124. The molecule has 10 heavy (non-hydrogen) atoms. The van der Waals surface area contributed by atoms with Crippen LogP contribution in [0.2, 0.25) is 0 Å². The molecule has 2 heteroatoms. The van der Waals surface area contributed by atoms with Gasteiger partial charge in [0.05, 0.1) is 18.9 Å². The normalized spacial score (nSPS) is 9.60. The van der Waals surface area contributed by atoms with Crippen molar-refractivity contribution in [1.82, 2.24) is 0 Å². The van der Waals surface area contributed by atoms with Gasteiger partial charge in [0.25, 0.3) is 0 Å². The van der Waals surface area contributed by atoms with E-state index in [-0.39, 0.29) is 0 Å². The second-order valence-corrected chi connectivity index (χ2v) is 1.91. The lowest BCUT2D eigenvalue weighted by molar-refractivity contribution is 0.245. The molecule has 0 atom stereocenters. The molecule has 0 aromatic rings. The first-order valence-electron chi connectivity index (χ1n) is 3.55. The first-order chi connectivity index (χ1) is 4.91. The maximum absolute atomic E-state index is 8.15. The summed E-state index contributed by atoms with van der Waals surface area (Å²) >= 11 is 0. The molecule has 0 fully saturated rings. The van der Waals surface area contributed by atoms with Crippen LogP contribution >= 0.6 is 0 Å². The molecule has 0 heterocycles. The van der Waals surface area contributed by atoms with E-state index in [2.05, 4.69) is 13.0 Å². The Morgan fingerprint density at radius 1 is 1.60 bits per heavy atom. The largest absolute Gasteiger partial charge is 0.501 e. The zero-order chi connectivity index (χ0) is 7.66. The summed E-state index contributed by atoms with van der Waals surface area (Å²) in [5.41, 5.74) is 0. The van der Waals surface area contributed by atoms with E-state index in [0.717, 1.165) is 12.8 Å². The second kappa shape index (κ2) is 8.03. The monoisotopic (exact) mass is 139 g/mol. The van der Waals surface area contributed by atoms with Crippen LogP contribution in [-0.2, 0) is 4.74 Å². The Balaban J connectivity index is 2.92. The number of ether oxygens (including phenoxy) is 1. The molecule has 0 saturated heterocycles. The van der Waals surface area contributed by atoms with E-state index in [1.807, 2.05) is 6.08 Å². The highest BCUT2D eigenvalue weighted by atomic mass is 16.5. The minimum atomic E-state index is 0.583. The standard InChI is InChI=1S/C8H13NO/c1-2-3-7-10-8-5-4-6-9/h3,7H,2,4-5,8H2,1H3/b7-3+. The fraction of sp³-hybridized carbons (Fsp3) is 0.625. The average molecular weight is 139 g/mol. The predicted molar refractivity (Wildman–Crippen MR) is 40.2 cm³/mol. The molecule has 0 aromatic heterocycles. The number of hydrogen-bond acceptors (Lipinski definition) is 2. The minimum Gasteiger partial charge on any atom is -0.501 e. The Hall–Kier alpha value is -0.970. The van der Waals surface area contributed by atoms with Gasteiger partial charge in [-0.15, -0.1) is 0 Å². The molecule has 56 valence electrons. The maximum Gasteiger partial charge on any atom is 0.0883 e. The van der Waals surface area contributed by atoms with Crippen molar-refractivity contribution in [3.8, 4) is 6.07 Å². The van der Waals surface area contributed by atoms with E-state index >= 15 is 0 Å². The van der Waals surface area contributed by atoms with E-state index in [9.17, 15) is 0 Å². The lowest BCUT2D eigenvalue weighted by Gasteiger charge is -1.94. The van der Waals surface area contributed by atoms with Gasteiger partial charge < -0.3 is 4.74 Å². The van der Waals surface area contributed by atoms with Gasteiger partial charge in [-0.3, -0.25) is 0 Å². The fourth-order valence-corrected chi connectivity index (χ4v) is 0.467. The number of hydrogen-bond donors (Lipinski definition) is 0. The number of nitrogens with zero attached hydrogens (tertiary/aromatic N) is 1. The highest BCUT2D eigenvalue weighted by Crippen LogP contribution is 1.89. The Morgan fingerprint density at radius 3 is 3.00 bits per heavy atom. The molecule has 0 bridgehead atoms. The Labute approximate surface area is 62.1 Å². The molecule has 0 amide bonds. The minimum absolute atomic E-state index is 0.583. The summed E-state index contributed by atoms with van der Waals surface area (Å²) in [6, 6.07) is 2.05. The van der Waals surface area contributed by atoms with Crippen molar-refractivity contribution in [1.29, 1.82) is 5.26 Å². The third-order valence-electron chi connectivity index (χ3n) is 0.979. The summed E-state index contributed by atoms with van der Waals surface area (Å²) in [5, 5.41) is 8.15. The smallest absolute Gasteiger partial charge is 0.0883 e. The summed E-state index contributed by atoms with van der Waals surface area (Å²) in [6.45, 7) is 2.71. The molecule has 0 aliphatic heterocycles. The SMILES string of the molecule is CC/C=C/OCCCC#N. The van der Waals surface area contributed by atoms with E-state index in [1.54, 1.807) is 6.26 Å². The van der Waals surface area contributed by atoms with E-state index in [4.69, 9.17) is 10.00 Å². The van der Waals surface area contributed by atoms with Gasteiger partial charge in [-0.2, -0.15) is 5.26 Å². The first kappa shape index (κ1) is 9.03. The fourth-order valence-electron chi connectivity index (χ4n) is 0.467. The molecule has 0 N–H and O–H groups in total. The van der Waals surface area contributed by atoms with Crippen LogP contribution in [0, 0.1) is 11.3 Å². The molecule has 0 aliphatic rings.